The van der Waals surface area contributed by atoms with Crippen LogP contribution >= 0.6 is 11.3 Å². The van der Waals surface area contributed by atoms with E-state index in [0.29, 0.717) is 124 Å². The van der Waals surface area contributed by atoms with Crippen molar-refractivity contribution >= 4 is 79.0 Å². The van der Waals surface area contributed by atoms with Gasteiger partial charge in [0.15, 0.2) is 22.7 Å². The number of hydrogen-bond donors (Lipinski definition) is 6. The van der Waals surface area contributed by atoms with Crippen LogP contribution in [0.3, 0.4) is 0 Å². The molecule has 0 fully saturated rings. The monoisotopic (exact) mass is 1160 g/mol. The first-order chi connectivity index (χ1) is 43.0. The highest BCUT2D eigenvalue weighted by Crippen LogP contribution is 2.50. The summed E-state index contributed by atoms with van der Waals surface area (Å²) in [4.78, 5) is 29.1. The van der Waals surface area contributed by atoms with Crippen LogP contribution in [0.15, 0.2) is 204 Å². The molecule has 20 nitrogen and oxygen atoms in total. The number of aromatic amines is 3. The van der Waals surface area contributed by atoms with Gasteiger partial charge in [-0.15, -0.1) is 11.3 Å². The molecule has 422 valence electrons. The van der Waals surface area contributed by atoms with Gasteiger partial charge in [-0.1, -0.05) is 103 Å². The molecule has 0 bridgehead atoms. The molecule has 21 heteroatoms. The number of anilines is 6. The molecule has 0 aliphatic heterocycles. The van der Waals surface area contributed by atoms with Crippen molar-refractivity contribution in [3.05, 3.63) is 195 Å². The molecule has 0 saturated carbocycles. The number of thiophene rings is 1. The maximum absolute atomic E-state index is 6.49. The quantitative estimate of drug-likeness (QED) is 0.0495. The molecule has 0 saturated heterocycles. The predicted molar refractivity (Wildman–Crippen MR) is 337 cm³/mol. The Morgan fingerprint density at radius 3 is 1.46 bits per heavy atom. The summed E-state index contributed by atoms with van der Waals surface area (Å²) in [6.07, 6.45) is 9.43. The Morgan fingerprint density at radius 1 is 0.414 bits per heavy atom. The topological polar surface area (TPSA) is 253 Å². The number of H-pyrrole nitrogens is 3. The summed E-state index contributed by atoms with van der Waals surface area (Å²) in [5.74, 6) is 3.49. The first kappa shape index (κ1) is 51.9. The Kier molecular flexibility index (Phi) is 13.1. The van der Waals surface area contributed by atoms with Gasteiger partial charge < -0.3 is 39.0 Å². The zero-order valence-electron chi connectivity index (χ0n) is 46.4. The van der Waals surface area contributed by atoms with Gasteiger partial charge in [0, 0.05) is 27.8 Å². The SMILES string of the molecule is COc1ccc(-c2ccccc2)cc1Nc1ncnc2[nH]nc(-c3cocc3-c3cc(-c4ccccc4)cc(Nc4ncnc5[nH]nc(-c6occc6-c6cc(-c7ccccc7)cc(Nc7ncnc8[nH]nc(-c9cccs9)c78)c6OC)c45)c3OC)c12. The Labute approximate surface area is 498 Å². The second-order valence-electron chi connectivity index (χ2n) is 20.0. The molecule has 15 rings (SSSR count). The molecule has 15 aromatic rings. The van der Waals surface area contributed by atoms with Crippen molar-refractivity contribution in [1.82, 2.24) is 60.5 Å². The van der Waals surface area contributed by atoms with Crippen molar-refractivity contribution in [2.45, 2.75) is 0 Å². The van der Waals surface area contributed by atoms with Crippen LogP contribution in [-0.2, 0) is 0 Å². The van der Waals surface area contributed by atoms with E-state index in [-0.39, 0.29) is 0 Å². The van der Waals surface area contributed by atoms with E-state index in [1.165, 1.54) is 19.0 Å². The lowest BCUT2D eigenvalue weighted by atomic mass is 9.95. The standard InChI is InChI=1S/C66H47N15O5S/c1-82-50-22-21-39(36-14-7-4-8-15-36)28-47(50)73-61-52-55(76-79-64(52)70-33-67-61)46-32-85-31-45(46)44-27-41(38-18-11-6-12-19-38)30-49(59(44)84-3)75-63-54-57(78-81-66(54)72-35-69-63)60-42(23-24-86-60)43-26-40(37-16-9-5-10-17-37)29-48(58(43)83-2)74-62-53-56(51-20-13-25-87-51)77-80-65(53)71-34-68-62/h4-35H,1-3H3,(H2,67,70,73,76,79)(H2,68,71,74,77,80)(H2,69,72,75,78,81). The maximum Gasteiger partial charge on any atom is 0.162 e. The molecule has 87 heavy (non-hydrogen) atoms. The molecular weight excluding hydrogens is 1110 g/mol. The minimum atomic E-state index is 0.410. The normalized spacial score (nSPS) is 11.4. The largest absolute Gasteiger partial charge is 0.495 e. The second kappa shape index (κ2) is 22.0. The van der Waals surface area contributed by atoms with Gasteiger partial charge >= 0.3 is 0 Å². The molecule has 0 radical (unpaired) electrons. The molecule has 6 N–H and O–H groups in total. The number of methoxy groups -OCH3 is 3. The lowest BCUT2D eigenvalue weighted by molar-refractivity contribution is 0.417. The number of rotatable bonds is 17. The van der Waals surface area contributed by atoms with Crippen molar-refractivity contribution in [1.29, 1.82) is 0 Å². The summed E-state index contributed by atoms with van der Waals surface area (Å²) in [7, 11) is 4.90. The number of nitrogens with zero attached hydrogens (tertiary/aromatic N) is 9. The van der Waals surface area contributed by atoms with Crippen LogP contribution in [0.5, 0.6) is 17.2 Å². The van der Waals surface area contributed by atoms with Crippen molar-refractivity contribution in [3.8, 4) is 106 Å². The molecular formula is C66H47N15O5S. The van der Waals surface area contributed by atoms with Gasteiger partial charge in [0.25, 0.3) is 0 Å². The van der Waals surface area contributed by atoms with Gasteiger partial charge in [-0.05, 0) is 87.3 Å². The minimum Gasteiger partial charge on any atom is -0.495 e. The number of nitrogens with one attached hydrogen (secondary N) is 6. The second-order valence-corrected chi connectivity index (χ2v) is 20.9. The fourth-order valence-corrected chi connectivity index (χ4v) is 11.8. The highest BCUT2D eigenvalue weighted by molar-refractivity contribution is 7.13. The highest BCUT2D eigenvalue weighted by Gasteiger charge is 2.29. The van der Waals surface area contributed by atoms with E-state index in [2.05, 4.69) is 99.8 Å². The van der Waals surface area contributed by atoms with Crippen LogP contribution in [0, 0.1) is 0 Å². The molecule has 6 aromatic carbocycles. The van der Waals surface area contributed by atoms with Crippen molar-refractivity contribution in [2.75, 3.05) is 37.3 Å². The van der Waals surface area contributed by atoms with Crippen molar-refractivity contribution < 1.29 is 23.0 Å². The van der Waals surface area contributed by atoms with Crippen LogP contribution in [0.2, 0.25) is 0 Å². The zero-order chi connectivity index (χ0) is 58.4. The number of benzene rings is 6. The van der Waals surface area contributed by atoms with Crippen LogP contribution < -0.4 is 30.2 Å². The van der Waals surface area contributed by atoms with Gasteiger partial charge in [0.05, 0.1) is 72.0 Å². The van der Waals surface area contributed by atoms with E-state index in [4.69, 9.17) is 48.2 Å². The first-order valence-electron chi connectivity index (χ1n) is 27.4. The summed E-state index contributed by atoms with van der Waals surface area (Å²) < 4.78 is 31.3. The molecule has 9 heterocycles. The smallest absolute Gasteiger partial charge is 0.162 e. The number of aromatic nitrogens is 12. The third kappa shape index (κ3) is 9.32. The number of ether oxygens (including phenoxy) is 3. The van der Waals surface area contributed by atoms with E-state index in [1.807, 2.05) is 109 Å². The lowest BCUT2D eigenvalue weighted by Gasteiger charge is -2.18. The Balaban J connectivity index is 0.839. The van der Waals surface area contributed by atoms with Crippen LogP contribution in [-0.4, -0.2) is 81.8 Å². The van der Waals surface area contributed by atoms with Gasteiger partial charge in [-0.25, -0.2) is 29.9 Å². The Bertz CT molecular complexity index is 5000. The maximum atomic E-state index is 6.49. The number of fused-ring (bicyclic) bond motifs is 3. The average Bonchev–Trinajstić information content (AvgIpc) is 2.15. The van der Waals surface area contributed by atoms with Gasteiger partial charge in [-0.2, -0.15) is 15.3 Å². The minimum absolute atomic E-state index is 0.410. The number of hydrogen-bond acceptors (Lipinski definition) is 18. The van der Waals surface area contributed by atoms with E-state index in [9.17, 15) is 0 Å². The summed E-state index contributed by atoms with van der Waals surface area (Å²) in [6, 6.07) is 50.4. The van der Waals surface area contributed by atoms with Crippen LogP contribution in [0.4, 0.5) is 34.5 Å². The molecule has 9 aromatic heterocycles. The Morgan fingerprint density at radius 2 is 0.908 bits per heavy atom. The average molecular weight is 1160 g/mol. The fourth-order valence-electron chi connectivity index (χ4n) is 11.1. The lowest BCUT2D eigenvalue weighted by Crippen LogP contribution is -2.01. The van der Waals surface area contributed by atoms with Gasteiger partial charge in [-0.3, -0.25) is 15.3 Å². The zero-order valence-corrected chi connectivity index (χ0v) is 47.3. The van der Waals surface area contributed by atoms with Gasteiger partial charge in [0.2, 0.25) is 0 Å². The molecule has 0 atom stereocenters. The summed E-state index contributed by atoms with van der Waals surface area (Å²) in [5.41, 5.74) is 14.3. The fraction of sp³-hybridized carbons (Fsp3) is 0.0455. The number of furan rings is 2. The molecule has 0 spiro atoms. The molecule has 0 amide bonds. The third-order valence-corrected chi connectivity index (χ3v) is 15.9. The molecule has 0 unspecified atom stereocenters. The predicted octanol–water partition coefficient (Wildman–Crippen LogP) is 15.5. The first-order valence-corrected chi connectivity index (χ1v) is 28.2. The van der Waals surface area contributed by atoms with Crippen molar-refractivity contribution in [2.24, 2.45) is 0 Å². The Hall–Kier alpha value is -12.0. The third-order valence-electron chi connectivity index (χ3n) is 15.1. The summed E-state index contributed by atoms with van der Waals surface area (Å²) in [6.45, 7) is 0. The summed E-state index contributed by atoms with van der Waals surface area (Å²) >= 11 is 1.58. The van der Waals surface area contributed by atoms with Crippen LogP contribution in [0.25, 0.3) is 122 Å². The van der Waals surface area contributed by atoms with Crippen LogP contribution in [0.1, 0.15) is 0 Å². The van der Waals surface area contributed by atoms with Crippen molar-refractivity contribution in [3.63, 3.8) is 0 Å². The molecule has 0 aliphatic rings. The highest BCUT2D eigenvalue weighted by atomic mass is 32.1. The van der Waals surface area contributed by atoms with Gasteiger partial charge in [0.1, 0.15) is 77.0 Å². The summed E-state index contributed by atoms with van der Waals surface area (Å²) in [5, 5.41) is 38.5. The van der Waals surface area contributed by atoms with E-state index < -0.39 is 0 Å². The van der Waals surface area contributed by atoms with E-state index in [1.54, 1.807) is 51.5 Å². The molecule has 0 aliphatic carbocycles. The van der Waals surface area contributed by atoms with E-state index in [0.717, 1.165) is 49.3 Å². The van der Waals surface area contributed by atoms with E-state index >= 15 is 0 Å².